The van der Waals surface area contributed by atoms with Gasteiger partial charge in [0.05, 0.1) is 12.0 Å². The molecule has 1 fully saturated rings. The fourth-order valence-electron chi connectivity index (χ4n) is 2.23. The summed E-state index contributed by atoms with van der Waals surface area (Å²) in [5.74, 6) is -0.0354. The Labute approximate surface area is 109 Å². The number of hydrogen-bond acceptors (Lipinski definition) is 2. The molecule has 17 heavy (non-hydrogen) atoms. The maximum atomic E-state index is 12.1. The van der Waals surface area contributed by atoms with Crippen molar-refractivity contribution in [2.75, 3.05) is 6.61 Å². The molecule has 0 saturated heterocycles. The van der Waals surface area contributed by atoms with Crippen LogP contribution in [0.3, 0.4) is 0 Å². The first kappa shape index (κ1) is 14.0. The Balaban J connectivity index is 0.00000144. The molecule has 1 aliphatic carbocycles. The van der Waals surface area contributed by atoms with Gasteiger partial charge in [0.2, 0.25) is 0 Å². The molecule has 0 aliphatic heterocycles. The Hall–Kier alpha value is -1.02. The zero-order valence-corrected chi connectivity index (χ0v) is 11.0. The van der Waals surface area contributed by atoms with Crippen LogP contribution in [0.1, 0.15) is 38.2 Å². The molecule has 0 aromatic heterocycles. The Morgan fingerprint density at radius 3 is 2.41 bits per heavy atom. The highest BCUT2D eigenvalue weighted by Gasteiger charge is 2.46. The fourth-order valence-corrected chi connectivity index (χ4v) is 2.23. The predicted octanol–water partition coefficient (Wildman–Crippen LogP) is 3.48. The van der Waals surface area contributed by atoms with E-state index in [1.807, 2.05) is 37.3 Å². The average molecular weight is 255 g/mol. The van der Waals surface area contributed by atoms with Crippen molar-refractivity contribution < 1.29 is 9.53 Å². The highest BCUT2D eigenvalue weighted by molar-refractivity contribution is 5.85. The van der Waals surface area contributed by atoms with Gasteiger partial charge in [0.1, 0.15) is 0 Å². The van der Waals surface area contributed by atoms with E-state index in [9.17, 15) is 4.79 Å². The molecule has 0 spiro atoms. The van der Waals surface area contributed by atoms with Crippen LogP contribution >= 0.6 is 12.4 Å². The van der Waals surface area contributed by atoms with Crippen molar-refractivity contribution in [3.05, 3.63) is 35.9 Å². The van der Waals surface area contributed by atoms with Crippen molar-refractivity contribution in [3.8, 4) is 0 Å². The van der Waals surface area contributed by atoms with Crippen LogP contribution in [0.2, 0.25) is 0 Å². The number of carbonyl (C=O) groups excluding carboxylic acids is 1. The molecule has 3 heteroatoms. The second-order valence-electron chi connectivity index (χ2n) is 4.44. The summed E-state index contributed by atoms with van der Waals surface area (Å²) in [5.41, 5.74) is 0.776. The third kappa shape index (κ3) is 2.63. The van der Waals surface area contributed by atoms with E-state index in [0.29, 0.717) is 6.61 Å². The molecule has 0 bridgehead atoms. The lowest BCUT2D eigenvalue weighted by molar-refractivity contribution is -0.154. The minimum absolute atomic E-state index is 0. The summed E-state index contributed by atoms with van der Waals surface area (Å²) in [6.45, 7) is 2.55. The lowest BCUT2D eigenvalue weighted by atomic mass is 9.64. The van der Waals surface area contributed by atoms with E-state index in [1.165, 1.54) is 0 Å². The van der Waals surface area contributed by atoms with Gasteiger partial charge in [0.25, 0.3) is 0 Å². The molecule has 2 rings (SSSR count). The summed E-state index contributed by atoms with van der Waals surface area (Å²) < 4.78 is 5.31. The number of hydrogen-bond donors (Lipinski definition) is 0. The van der Waals surface area contributed by atoms with E-state index >= 15 is 0 Å². The number of benzene rings is 1. The van der Waals surface area contributed by atoms with Crippen LogP contribution in [0.5, 0.6) is 0 Å². The van der Waals surface area contributed by atoms with Gasteiger partial charge in [-0.05, 0) is 24.8 Å². The van der Waals surface area contributed by atoms with Crippen molar-refractivity contribution in [2.24, 2.45) is 0 Å². The molecular weight excluding hydrogens is 236 g/mol. The van der Waals surface area contributed by atoms with Crippen molar-refractivity contribution in [2.45, 2.75) is 38.0 Å². The van der Waals surface area contributed by atoms with E-state index in [4.69, 9.17) is 4.74 Å². The number of rotatable bonds is 4. The van der Waals surface area contributed by atoms with Gasteiger partial charge in [0.15, 0.2) is 0 Å². The van der Waals surface area contributed by atoms with Gasteiger partial charge in [-0.25, -0.2) is 0 Å². The number of halogens is 1. The van der Waals surface area contributed by atoms with Crippen molar-refractivity contribution >= 4 is 18.4 Å². The Morgan fingerprint density at radius 2 is 1.94 bits per heavy atom. The normalized spacial score (nSPS) is 16.5. The molecule has 1 aromatic carbocycles. The van der Waals surface area contributed by atoms with E-state index < -0.39 is 0 Å². The second-order valence-corrected chi connectivity index (χ2v) is 4.44. The maximum absolute atomic E-state index is 12.1. The van der Waals surface area contributed by atoms with Gasteiger partial charge in [-0.15, -0.1) is 12.4 Å². The SMILES string of the molecule is CCCOC(=O)C1(c2ccccc2)CCC1.Cl. The van der Waals surface area contributed by atoms with E-state index in [1.54, 1.807) is 0 Å². The average Bonchev–Trinajstić information content (AvgIpc) is 2.26. The summed E-state index contributed by atoms with van der Waals surface area (Å²) in [4.78, 5) is 12.1. The smallest absolute Gasteiger partial charge is 0.316 e. The van der Waals surface area contributed by atoms with E-state index in [2.05, 4.69) is 0 Å². The molecule has 0 amide bonds. The highest BCUT2D eigenvalue weighted by Crippen LogP contribution is 2.44. The van der Waals surface area contributed by atoms with Crippen LogP contribution in [0.25, 0.3) is 0 Å². The second kappa shape index (κ2) is 6.06. The first-order valence-corrected chi connectivity index (χ1v) is 6.02. The summed E-state index contributed by atoms with van der Waals surface area (Å²) in [5, 5.41) is 0. The van der Waals surface area contributed by atoms with Gasteiger partial charge in [-0.3, -0.25) is 4.79 Å². The highest BCUT2D eigenvalue weighted by atomic mass is 35.5. The molecule has 0 unspecified atom stereocenters. The Bertz CT molecular complexity index is 358. The number of esters is 1. The molecule has 0 radical (unpaired) electrons. The lowest BCUT2D eigenvalue weighted by Gasteiger charge is -2.39. The quantitative estimate of drug-likeness (QED) is 0.769. The molecule has 0 N–H and O–H groups in total. The standard InChI is InChI=1S/C14H18O2.ClH/c1-2-11-16-13(15)14(9-6-10-14)12-7-4-3-5-8-12;/h3-5,7-8H,2,6,9-11H2,1H3;1H. The topological polar surface area (TPSA) is 26.3 Å². The van der Waals surface area contributed by atoms with Crippen LogP contribution in [0.15, 0.2) is 30.3 Å². The number of ether oxygens (including phenoxy) is 1. The van der Waals surface area contributed by atoms with Crippen LogP contribution in [-0.2, 0) is 14.9 Å². The third-order valence-electron chi connectivity index (χ3n) is 3.36. The van der Waals surface area contributed by atoms with Gasteiger partial charge in [-0.1, -0.05) is 43.7 Å². The van der Waals surface area contributed by atoms with Crippen molar-refractivity contribution in [1.29, 1.82) is 0 Å². The third-order valence-corrected chi connectivity index (χ3v) is 3.36. The molecule has 2 nitrogen and oxygen atoms in total. The maximum Gasteiger partial charge on any atom is 0.316 e. The van der Waals surface area contributed by atoms with Crippen molar-refractivity contribution in [1.82, 2.24) is 0 Å². The predicted molar refractivity (Wildman–Crippen MR) is 70.5 cm³/mol. The molecule has 1 aliphatic rings. The molecule has 94 valence electrons. The summed E-state index contributed by atoms with van der Waals surface area (Å²) in [6.07, 6.45) is 3.87. The fraction of sp³-hybridized carbons (Fsp3) is 0.500. The van der Waals surface area contributed by atoms with Gasteiger partial charge >= 0.3 is 5.97 Å². The summed E-state index contributed by atoms with van der Waals surface area (Å²) >= 11 is 0. The Kier molecular flexibility index (Phi) is 5.01. The van der Waals surface area contributed by atoms with Crippen molar-refractivity contribution in [3.63, 3.8) is 0 Å². The van der Waals surface area contributed by atoms with Crippen LogP contribution in [0.4, 0.5) is 0 Å². The van der Waals surface area contributed by atoms with Crippen LogP contribution < -0.4 is 0 Å². The zero-order chi connectivity index (χ0) is 11.4. The summed E-state index contributed by atoms with van der Waals surface area (Å²) in [6, 6.07) is 10.0. The summed E-state index contributed by atoms with van der Waals surface area (Å²) in [7, 11) is 0. The van der Waals surface area contributed by atoms with Crippen LogP contribution in [-0.4, -0.2) is 12.6 Å². The minimum atomic E-state index is -0.337. The minimum Gasteiger partial charge on any atom is -0.465 e. The first-order chi connectivity index (χ1) is 7.79. The molecule has 0 atom stereocenters. The first-order valence-electron chi connectivity index (χ1n) is 6.02. The molecule has 0 heterocycles. The Morgan fingerprint density at radius 1 is 1.29 bits per heavy atom. The van der Waals surface area contributed by atoms with Gasteiger partial charge in [-0.2, -0.15) is 0 Å². The van der Waals surface area contributed by atoms with E-state index in [-0.39, 0.29) is 23.8 Å². The largest absolute Gasteiger partial charge is 0.465 e. The molecule has 1 aromatic rings. The van der Waals surface area contributed by atoms with Gasteiger partial charge < -0.3 is 4.74 Å². The van der Waals surface area contributed by atoms with Crippen LogP contribution in [0, 0.1) is 0 Å². The molecule has 1 saturated carbocycles. The zero-order valence-electron chi connectivity index (χ0n) is 10.1. The lowest BCUT2D eigenvalue weighted by Crippen LogP contribution is -2.43. The van der Waals surface area contributed by atoms with Gasteiger partial charge in [0, 0.05) is 0 Å². The van der Waals surface area contributed by atoms with E-state index in [0.717, 1.165) is 31.2 Å². The molecular formula is C14H19ClO2. The number of carbonyl (C=O) groups is 1. The monoisotopic (exact) mass is 254 g/mol.